The molecule has 0 unspecified atom stereocenters. The van der Waals surface area contributed by atoms with Crippen LogP contribution in [0.3, 0.4) is 0 Å². The molecule has 2 aromatic rings. The topological polar surface area (TPSA) is 64.6 Å². The van der Waals surface area contributed by atoms with Crippen molar-refractivity contribution in [1.82, 2.24) is 5.32 Å². The molecule has 1 heterocycles. The monoisotopic (exact) mass is 587 g/mol. The van der Waals surface area contributed by atoms with Gasteiger partial charge in [-0.25, -0.2) is 4.39 Å². The van der Waals surface area contributed by atoms with Crippen molar-refractivity contribution in [3.63, 3.8) is 0 Å². The molecule has 5 nitrogen and oxygen atoms in total. The minimum Gasteiger partial charge on any atom is -0.490 e. The zero-order valence-corrected chi connectivity index (χ0v) is 21.7. The number of dihydropyridines is 1. The number of allylic oxidation sites excluding steroid dienone is 4. The van der Waals surface area contributed by atoms with Crippen LogP contribution in [0.2, 0.25) is 0 Å². The van der Waals surface area contributed by atoms with Gasteiger partial charge in [-0.1, -0.05) is 12.1 Å². The van der Waals surface area contributed by atoms with Gasteiger partial charge in [-0.05, 0) is 90.6 Å². The fraction of sp³-hybridized carbons (Fsp3) is 0.357. The summed E-state index contributed by atoms with van der Waals surface area (Å²) in [5, 5.41) is 3.46. The number of hydrogen-bond donors (Lipinski definition) is 1. The van der Waals surface area contributed by atoms with Gasteiger partial charge in [0.05, 0.1) is 10.2 Å². The van der Waals surface area contributed by atoms with Crippen LogP contribution in [0.1, 0.15) is 62.5 Å². The molecule has 2 aliphatic carbocycles. The Labute approximate surface area is 217 Å². The number of ether oxygens (including phenoxy) is 2. The van der Waals surface area contributed by atoms with Gasteiger partial charge in [0.2, 0.25) is 0 Å². The van der Waals surface area contributed by atoms with Crippen molar-refractivity contribution in [1.29, 1.82) is 0 Å². The third-order valence-electron chi connectivity index (χ3n) is 6.75. The standard InChI is InChI=1S/C28H27FINO4/c1-2-34-24-14-17(13-19(30)28(24)35-15-16-9-11-18(29)12-10-16)25-26-20(5-3-7-22(26)32)31-21-6-4-8-23(33)27(21)25/h9-14,25,31H,2-8,15H2,1H3. The van der Waals surface area contributed by atoms with Crippen LogP contribution >= 0.6 is 22.6 Å². The number of hydrogen-bond acceptors (Lipinski definition) is 5. The van der Waals surface area contributed by atoms with Gasteiger partial charge in [0.1, 0.15) is 12.4 Å². The van der Waals surface area contributed by atoms with E-state index in [0.29, 0.717) is 30.9 Å². The molecular formula is C28H27FINO4. The Morgan fingerprint density at radius 3 is 2.17 bits per heavy atom. The summed E-state index contributed by atoms with van der Waals surface area (Å²) in [5.41, 5.74) is 5.09. The minimum absolute atomic E-state index is 0.110. The van der Waals surface area contributed by atoms with Crippen molar-refractivity contribution in [2.24, 2.45) is 0 Å². The molecular weight excluding hydrogens is 560 g/mol. The number of carbonyl (C=O) groups excluding carboxylic acids is 2. The SMILES string of the molecule is CCOc1cc(C2C3=C(CCCC3=O)NC3=C2C(=O)CCC3)cc(I)c1OCc1ccc(F)cc1. The molecule has 0 atom stereocenters. The molecule has 2 aromatic carbocycles. The Balaban J connectivity index is 1.56. The van der Waals surface area contributed by atoms with Crippen molar-refractivity contribution in [3.05, 3.63) is 79.5 Å². The van der Waals surface area contributed by atoms with Gasteiger partial charge in [0.25, 0.3) is 0 Å². The summed E-state index contributed by atoms with van der Waals surface area (Å²) in [6.45, 7) is 2.62. The van der Waals surface area contributed by atoms with Gasteiger partial charge in [-0.15, -0.1) is 0 Å². The molecule has 0 aromatic heterocycles. The summed E-state index contributed by atoms with van der Waals surface area (Å²) in [7, 11) is 0. The summed E-state index contributed by atoms with van der Waals surface area (Å²) < 4.78 is 26.2. The molecule has 1 N–H and O–H groups in total. The number of rotatable bonds is 6. The van der Waals surface area contributed by atoms with Crippen LogP contribution in [-0.4, -0.2) is 18.2 Å². The number of Topliss-reactive ketones (excluding diaryl/α,β-unsaturated/α-hetero) is 2. The van der Waals surface area contributed by atoms with Gasteiger partial charge < -0.3 is 14.8 Å². The predicted octanol–water partition coefficient (Wildman–Crippen LogP) is 6.11. The van der Waals surface area contributed by atoms with Crippen LogP contribution in [0.25, 0.3) is 0 Å². The first-order valence-electron chi connectivity index (χ1n) is 12.1. The highest BCUT2D eigenvalue weighted by Crippen LogP contribution is 2.47. The Hall–Kier alpha value is -2.68. The van der Waals surface area contributed by atoms with Crippen LogP contribution in [0.5, 0.6) is 11.5 Å². The second-order valence-electron chi connectivity index (χ2n) is 9.07. The molecule has 0 spiro atoms. The van der Waals surface area contributed by atoms with E-state index in [4.69, 9.17) is 9.47 Å². The first-order valence-corrected chi connectivity index (χ1v) is 13.2. The third kappa shape index (κ3) is 4.75. The summed E-state index contributed by atoms with van der Waals surface area (Å²) in [6, 6.07) is 10.1. The van der Waals surface area contributed by atoms with Crippen LogP contribution in [0.15, 0.2) is 58.9 Å². The number of benzene rings is 2. The van der Waals surface area contributed by atoms with Crippen molar-refractivity contribution in [2.45, 2.75) is 58.0 Å². The highest BCUT2D eigenvalue weighted by molar-refractivity contribution is 14.1. The Bertz CT molecular complexity index is 1210. The van der Waals surface area contributed by atoms with Crippen LogP contribution in [0.4, 0.5) is 4.39 Å². The van der Waals surface area contributed by atoms with Gasteiger partial charge in [-0.3, -0.25) is 9.59 Å². The van der Waals surface area contributed by atoms with Crippen LogP contribution in [0, 0.1) is 9.39 Å². The lowest BCUT2D eigenvalue weighted by atomic mass is 9.71. The number of carbonyl (C=O) groups is 2. The van der Waals surface area contributed by atoms with Crippen molar-refractivity contribution < 1.29 is 23.5 Å². The quantitative estimate of drug-likeness (QED) is 0.414. The van der Waals surface area contributed by atoms with E-state index >= 15 is 0 Å². The molecule has 7 heteroatoms. The van der Waals surface area contributed by atoms with Gasteiger partial charge in [-0.2, -0.15) is 0 Å². The lowest BCUT2D eigenvalue weighted by molar-refractivity contribution is -0.117. The van der Waals surface area contributed by atoms with E-state index in [-0.39, 0.29) is 29.9 Å². The highest BCUT2D eigenvalue weighted by Gasteiger charge is 2.40. The molecule has 0 bridgehead atoms. The maximum atomic E-state index is 13.3. The molecule has 5 rings (SSSR count). The molecule has 0 fully saturated rings. The summed E-state index contributed by atoms with van der Waals surface area (Å²) in [6.07, 6.45) is 4.29. The van der Waals surface area contributed by atoms with E-state index in [2.05, 4.69) is 27.9 Å². The normalized spacial score (nSPS) is 18.3. The zero-order chi connectivity index (χ0) is 24.5. The van der Waals surface area contributed by atoms with Gasteiger partial charge >= 0.3 is 0 Å². The maximum absolute atomic E-state index is 13.3. The Morgan fingerprint density at radius 2 is 1.57 bits per heavy atom. The van der Waals surface area contributed by atoms with Crippen LogP contribution < -0.4 is 14.8 Å². The second-order valence-corrected chi connectivity index (χ2v) is 10.2. The molecule has 1 aliphatic heterocycles. The first-order chi connectivity index (χ1) is 17.0. The van der Waals surface area contributed by atoms with Gasteiger partial charge in [0.15, 0.2) is 23.1 Å². The Kier molecular flexibility index (Phi) is 6.95. The maximum Gasteiger partial charge on any atom is 0.174 e. The summed E-state index contributed by atoms with van der Waals surface area (Å²) in [5.74, 6) is 0.715. The largest absolute Gasteiger partial charge is 0.490 e. The van der Waals surface area contributed by atoms with E-state index < -0.39 is 0 Å². The predicted molar refractivity (Wildman–Crippen MR) is 139 cm³/mol. The summed E-state index contributed by atoms with van der Waals surface area (Å²) >= 11 is 2.22. The molecule has 3 aliphatic rings. The van der Waals surface area contributed by atoms with E-state index in [1.807, 2.05) is 19.1 Å². The zero-order valence-electron chi connectivity index (χ0n) is 19.6. The number of halogens is 2. The fourth-order valence-corrected chi connectivity index (χ4v) is 5.99. The molecule has 0 radical (unpaired) electrons. The average Bonchev–Trinajstić information content (AvgIpc) is 2.84. The molecule has 0 saturated carbocycles. The van der Waals surface area contributed by atoms with Gasteiger partial charge in [0, 0.05) is 41.3 Å². The first kappa shape index (κ1) is 24.0. The van der Waals surface area contributed by atoms with Crippen molar-refractivity contribution in [2.75, 3.05) is 6.61 Å². The van der Waals surface area contributed by atoms with Crippen molar-refractivity contribution in [3.8, 4) is 11.5 Å². The fourth-order valence-electron chi connectivity index (χ4n) is 5.21. The third-order valence-corrected chi connectivity index (χ3v) is 7.55. The van der Waals surface area contributed by atoms with E-state index in [0.717, 1.165) is 62.9 Å². The molecule has 0 saturated heterocycles. The highest BCUT2D eigenvalue weighted by atomic mass is 127. The van der Waals surface area contributed by atoms with Crippen LogP contribution in [-0.2, 0) is 16.2 Å². The molecule has 182 valence electrons. The van der Waals surface area contributed by atoms with E-state index in [9.17, 15) is 14.0 Å². The Morgan fingerprint density at radius 1 is 0.943 bits per heavy atom. The lowest BCUT2D eigenvalue weighted by Crippen LogP contribution is -2.36. The number of ketones is 2. The second kappa shape index (κ2) is 10.1. The minimum atomic E-state index is -0.388. The van der Waals surface area contributed by atoms with Crippen molar-refractivity contribution >= 4 is 34.2 Å². The van der Waals surface area contributed by atoms with E-state index in [1.54, 1.807) is 12.1 Å². The molecule has 35 heavy (non-hydrogen) atoms. The summed E-state index contributed by atoms with van der Waals surface area (Å²) in [4.78, 5) is 26.2. The average molecular weight is 587 g/mol. The van der Waals surface area contributed by atoms with E-state index in [1.165, 1.54) is 12.1 Å². The molecule has 0 amide bonds. The smallest absolute Gasteiger partial charge is 0.174 e. The lowest BCUT2D eigenvalue weighted by Gasteiger charge is -2.37. The number of nitrogens with one attached hydrogen (secondary N) is 1.